The third kappa shape index (κ3) is 3.06. The summed E-state index contributed by atoms with van der Waals surface area (Å²) in [5, 5.41) is 4.01. The molecule has 0 saturated heterocycles. The van der Waals surface area contributed by atoms with Crippen LogP contribution in [0.4, 0.5) is 5.69 Å². The van der Waals surface area contributed by atoms with E-state index in [4.69, 9.17) is 16.3 Å². The van der Waals surface area contributed by atoms with Crippen LogP contribution in [0.1, 0.15) is 27.8 Å². The molecule has 158 valence electrons. The fraction of sp³-hybridized carbons (Fsp3) is 0.185. The van der Waals surface area contributed by atoms with Crippen molar-refractivity contribution in [2.45, 2.75) is 19.8 Å². The Balaban J connectivity index is 1.44. The van der Waals surface area contributed by atoms with Crippen LogP contribution < -0.4 is 10.1 Å². The number of rotatable bonds is 2. The van der Waals surface area contributed by atoms with Crippen molar-refractivity contribution in [3.05, 3.63) is 87.1 Å². The lowest BCUT2D eigenvalue weighted by atomic mass is 9.95. The maximum Gasteiger partial charge on any atom is 0.237 e. The van der Waals surface area contributed by atoms with Crippen LogP contribution in [0.25, 0.3) is 22.8 Å². The van der Waals surface area contributed by atoms with Gasteiger partial charge in [0.2, 0.25) is 5.88 Å². The first-order valence-corrected chi connectivity index (χ1v) is 11.2. The number of aromatic nitrogens is 1. The Morgan fingerprint density at radius 3 is 2.84 bits per heavy atom. The van der Waals surface area contributed by atoms with Crippen molar-refractivity contribution in [2.75, 3.05) is 18.5 Å². The van der Waals surface area contributed by atoms with Crippen LogP contribution in [0.5, 0.6) is 5.88 Å². The number of hydrogen-bond donors (Lipinski definition) is 1. The minimum atomic E-state index is 0.139. The first-order valence-electron chi connectivity index (χ1n) is 10.8. The molecular weight excluding hydrogens is 420 g/mol. The Morgan fingerprint density at radius 2 is 1.97 bits per heavy atom. The van der Waals surface area contributed by atoms with E-state index in [0.29, 0.717) is 23.9 Å². The number of nitrogens with one attached hydrogen (secondary N) is 1. The number of fused-ring (bicyclic) bond motifs is 3. The number of halogens is 1. The smallest absolute Gasteiger partial charge is 0.237 e. The van der Waals surface area contributed by atoms with E-state index in [1.807, 2.05) is 25.3 Å². The lowest BCUT2D eigenvalue weighted by molar-refractivity contribution is -0.112. The molecule has 0 saturated carbocycles. The van der Waals surface area contributed by atoms with Gasteiger partial charge in [0.25, 0.3) is 0 Å². The van der Waals surface area contributed by atoms with Crippen LogP contribution in [0, 0.1) is 6.92 Å². The molecule has 0 unspecified atom stereocenters. The predicted molar refractivity (Wildman–Crippen MR) is 128 cm³/mol. The molecule has 2 aromatic carbocycles. The minimum Gasteiger partial charge on any atom is -0.474 e. The zero-order chi connectivity index (χ0) is 21.8. The second-order valence-corrected chi connectivity index (χ2v) is 8.90. The van der Waals surface area contributed by atoms with Crippen molar-refractivity contribution in [3.8, 4) is 17.0 Å². The second kappa shape index (κ2) is 7.35. The summed E-state index contributed by atoms with van der Waals surface area (Å²) in [6, 6.07) is 12.4. The van der Waals surface area contributed by atoms with Gasteiger partial charge in [-0.1, -0.05) is 41.9 Å². The molecule has 0 bridgehead atoms. The maximum absolute atomic E-state index is 12.9. The van der Waals surface area contributed by atoms with Crippen LogP contribution in [-0.2, 0) is 17.6 Å². The van der Waals surface area contributed by atoms with E-state index < -0.39 is 0 Å². The van der Waals surface area contributed by atoms with Crippen LogP contribution >= 0.6 is 11.6 Å². The summed E-state index contributed by atoms with van der Waals surface area (Å²) in [6.45, 7) is 3.40. The van der Waals surface area contributed by atoms with E-state index in [-0.39, 0.29) is 5.78 Å². The molecule has 5 heteroatoms. The lowest BCUT2D eigenvalue weighted by Gasteiger charge is -2.22. The molecule has 1 N–H and O–H groups in total. The highest BCUT2D eigenvalue weighted by Crippen LogP contribution is 2.42. The summed E-state index contributed by atoms with van der Waals surface area (Å²) in [6.07, 6.45) is 7.28. The molecule has 3 aromatic rings. The highest BCUT2D eigenvalue weighted by molar-refractivity contribution is 6.34. The number of hydrogen-bond acceptors (Lipinski definition) is 4. The first kappa shape index (κ1) is 19.3. The van der Waals surface area contributed by atoms with E-state index in [1.54, 1.807) is 0 Å². The van der Waals surface area contributed by atoms with Gasteiger partial charge in [-0.25, -0.2) is 4.98 Å². The highest BCUT2D eigenvalue weighted by atomic mass is 35.5. The molecule has 0 spiro atoms. The van der Waals surface area contributed by atoms with Crippen molar-refractivity contribution >= 4 is 34.7 Å². The predicted octanol–water partition coefficient (Wildman–Crippen LogP) is 5.66. The summed E-state index contributed by atoms with van der Waals surface area (Å²) in [5.74, 6) is 0.763. The third-order valence-electron chi connectivity index (χ3n) is 6.49. The molecular formula is C27H21ClN2O2. The fourth-order valence-electron chi connectivity index (χ4n) is 4.87. The minimum absolute atomic E-state index is 0.139. The zero-order valence-corrected chi connectivity index (χ0v) is 18.4. The van der Waals surface area contributed by atoms with Gasteiger partial charge in [0.1, 0.15) is 12.3 Å². The van der Waals surface area contributed by atoms with E-state index in [9.17, 15) is 4.79 Å². The Kier molecular flexibility index (Phi) is 4.44. The van der Waals surface area contributed by atoms with Crippen molar-refractivity contribution in [3.63, 3.8) is 0 Å². The van der Waals surface area contributed by atoms with Crippen LogP contribution in [0.2, 0.25) is 5.02 Å². The van der Waals surface area contributed by atoms with E-state index in [2.05, 4.69) is 46.7 Å². The number of ether oxygens (including phenoxy) is 1. The van der Waals surface area contributed by atoms with E-state index in [0.717, 1.165) is 57.6 Å². The van der Waals surface area contributed by atoms with Gasteiger partial charge in [0, 0.05) is 40.9 Å². The first-order chi connectivity index (χ1) is 15.6. The Bertz CT molecular complexity index is 1370. The van der Waals surface area contributed by atoms with Gasteiger partial charge in [0.05, 0.1) is 0 Å². The van der Waals surface area contributed by atoms with Crippen LogP contribution in [0.3, 0.4) is 0 Å². The van der Waals surface area contributed by atoms with Gasteiger partial charge in [-0.05, 0) is 64.9 Å². The molecule has 0 amide bonds. The molecule has 3 aliphatic rings. The normalized spacial score (nSPS) is 17.4. The standard InChI is InChI=1S/C27H21ClN2O2/c1-15-23(14-30-27-26(15)29-6-7-32-27)21-13-20-19(11-24(21)28)12-25(31)22(20)10-16-8-17-4-2-3-5-18(17)9-16/h2-5,8,10-11,13-14,29H,6-7,9,12H2,1H3/b22-10-. The molecule has 4 nitrogen and oxygen atoms in total. The number of anilines is 1. The van der Waals surface area contributed by atoms with Crippen molar-refractivity contribution in [1.29, 1.82) is 0 Å². The third-order valence-corrected chi connectivity index (χ3v) is 6.80. The van der Waals surface area contributed by atoms with Crippen LogP contribution in [0.15, 0.2) is 54.2 Å². The van der Waals surface area contributed by atoms with Crippen molar-refractivity contribution in [1.82, 2.24) is 4.98 Å². The molecule has 2 aliphatic carbocycles. The summed E-state index contributed by atoms with van der Waals surface area (Å²) in [5.41, 5.74) is 10.2. The number of allylic oxidation sites excluding steroid dienone is 3. The van der Waals surface area contributed by atoms with Gasteiger partial charge in [-0.3, -0.25) is 4.79 Å². The molecule has 6 rings (SSSR count). The van der Waals surface area contributed by atoms with Crippen molar-refractivity contribution in [2.24, 2.45) is 0 Å². The topological polar surface area (TPSA) is 51.2 Å². The fourth-order valence-corrected chi connectivity index (χ4v) is 5.16. The Hall–Kier alpha value is -3.37. The van der Waals surface area contributed by atoms with Crippen LogP contribution in [-0.4, -0.2) is 23.9 Å². The number of nitrogens with zero attached hydrogens (tertiary/aromatic N) is 1. The molecule has 0 fully saturated rings. The monoisotopic (exact) mass is 440 g/mol. The Morgan fingerprint density at radius 1 is 1.09 bits per heavy atom. The largest absolute Gasteiger partial charge is 0.474 e. The molecule has 0 atom stereocenters. The number of pyridine rings is 1. The average Bonchev–Trinajstić information content (AvgIpc) is 3.34. The number of carbonyl (C=O) groups is 1. The number of ketones is 1. The molecule has 1 aliphatic heterocycles. The average molecular weight is 441 g/mol. The number of carbonyl (C=O) groups excluding carboxylic acids is 1. The summed E-state index contributed by atoms with van der Waals surface area (Å²) in [7, 11) is 0. The van der Waals surface area contributed by atoms with Gasteiger partial charge in [0.15, 0.2) is 5.78 Å². The Labute approximate surface area is 191 Å². The molecule has 32 heavy (non-hydrogen) atoms. The molecule has 1 aromatic heterocycles. The highest BCUT2D eigenvalue weighted by Gasteiger charge is 2.28. The lowest BCUT2D eigenvalue weighted by Crippen LogP contribution is -2.20. The summed E-state index contributed by atoms with van der Waals surface area (Å²) >= 11 is 6.70. The maximum atomic E-state index is 12.9. The van der Waals surface area contributed by atoms with Gasteiger partial charge in [-0.15, -0.1) is 0 Å². The summed E-state index contributed by atoms with van der Waals surface area (Å²) < 4.78 is 5.66. The quantitative estimate of drug-likeness (QED) is 0.522. The molecule has 2 heterocycles. The van der Waals surface area contributed by atoms with Gasteiger partial charge in [-0.2, -0.15) is 0 Å². The summed E-state index contributed by atoms with van der Waals surface area (Å²) in [4.78, 5) is 17.4. The van der Waals surface area contributed by atoms with Gasteiger partial charge < -0.3 is 10.1 Å². The van der Waals surface area contributed by atoms with E-state index >= 15 is 0 Å². The molecule has 0 radical (unpaired) electrons. The van der Waals surface area contributed by atoms with Gasteiger partial charge >= 0.3 is 0 Å². The number of benzene rings is 2. The number of Topliss-reactive ketones (excluding diaryl/α,β-unsaturated/α-hetero) is 1. The second-order valence-electron chi connectivity index (χ2n) is 8.49. The SMILES string of the molecule is Cc1c(-c2cc3c(cc2Cl)CC(=O)/C3=C\C2=Cc3ccccc3C2)cnc2c1NCCO2. The zero-order valence-electron chi connectivity index (χ0n) is 17.7. The van der Waals surface area contributed by atoms with Crippen molar-refractivity contribution < 1.29 is 9.53 Å². The van der Waals surface area contributed by atoms with E-state index in [1.165, 1.54) is 11.1 Å².